The summed E-state index contributed by atoms with van der Waals surface area (Å²) in [6.07, 6.45) is 12.6. The molecular weight excluding hydrogens is 368 g/mol. The van der Waals surface area contributed by atoms with Gasteiger partial charge >= 0.3 is 0 Å². The second-order valence-electron chi connectivity index (χ2n) is 8.88. The molecule has 1 spiro atoms. The van der Waals surface area contributed by atoms with Crippen molar-refractivity contribution in [3.05, 3.63) is 48.3 Å². The second kappa shape index (κ2) is 6.30. The van der Waals surface area contributed by atoms with Gasteiger partial charge in [-0.2, -0.15) is 5.10 Å². The fourth-order valence-electron chi connectivity index (χ4n) is 4.93. The van der Waals surface area contributed by atoms with E-state index in [0.717, 1.165) is 30.8 Å². The molecule has 2 amide bonds. The predicted octanol–water partition coefficient (Wildman–Crippen LogP) is 1.31. The molecule has 0 saturated carbocycles. The molecule has 0 bridgehead atoms. The van der Waals surface area contributed by atoms with E-state index in [4.69, 9.17) is 0 Å². The van der Waals surface area contributed by atoms with Gasteiger partial charge in [0.2, 0.25) is 11.8 Å². The lowest BCUT2D eigenvalue weighted by atomic mass is 9.84. The Morgan fingerprint density at radius 2 is 2.14 bits per heavy atom. The summed E-state index contributed by atoms with van der Waals surface area (Å²) < 4.78 is 3.87. The molecule has 8 heteroatoms. The Kier molecular flexibility index (Phi) is 3.94. The Morgan fingerprint density at radius 1 is 1.31 bits per heavy atom. The average molecular weight is 394 g/mol. The maximum absolute atomic E-state index is 12.9. The molecule has 8 nitrogen and oxygen atoms in total. The van der Waals surface area contributed by atoms with Gasteiger partial charge in [0.25, 0.3) is 0 Å². The monoisotopic (exact) mass is 394 g/mol. The van der Waals surface area contributed by atoms with E-state index in [9.17, 15) is 9.59 Å². The zero-order valence-corrected chi connectivity index (χ0v) is 16.8. The van der Waals surface area contributed by atoms with Crippen molar-refractivity contribution in [3.8, 4) is 0 Å². The van der Waals surface area contributed by atoms with Crippen molar-refractivity contribution in [3.63, 3.8) is 0 Å². The summed E-state index contributed by atoms with van der Waals surface area (Å²) in [4.78, 5) is 31.9. The number of nitrogens with one attached hydrogen (secondary N) is 1. The molecule has 4 heterocycles. The predicted molar refractivity (Wildman–Crippen MR) is 106 cm³/mol. The first-order valence-corrected chi connectivity index (χ1v) is 10.2. The first kappa shape index (κ1) is 18.1. The lowest BCUT2D eigenvalue weighted by Gasteiger charge is -2.49. The van der Waals surface area contributed by atoms with Crippen LogP contribution in [-0.4, -0.2) is 49.1 Å². The van der Waals surface area contributed by atoms with Crippen LogP contribution in [0.5, 0.6) is 0 Å². The van der Waals surface area contributed by atoms with Crippen LogP contribution in [0.1, 0.15) is 43.7 Å². The van der Waals surface area contributed by atoms with Gasteiger partial charge in [0, 0.05) is 45.1 Å². The van der Waals surface area contributed by atoms with Crippen LogP contribution < -0.4 is 5.32 Å². The van der Waals surface area contributed by atoms with Gasteiger partial charge in [-0.05, 0) is 25.8 Å². The SMILES string of the molecule is Cn1ccc(CC(=O)N2CC3(CC(NC(=O)C4(C)C=CCC4)c4nccn43)C2)n1. The number of allylic oxidation sites excluding steroid dienone is 1. The molecule has 1 aliphatic carbocycles. The van der Waals surface area contributed by atoms with Crippen molar-refractivity contribution in [2.45, 2.75) is 44.2 Å². The summed E-state index contributed by atoms with van der Waals surface area (Å²) in [5.74, 6) is 1.04. The molecule has 5 rings (SSSR count). The normalized spacial score (nSPS) is 26.6. The van der Waals surface area contributed by atoms with Crippen molar-refractivity contribution >= 4 is 11.8 Å². The molecule has 29 heavy (non-hydrogen) atoms. The fourth-order valence-corrected chi connectivity index (χ4v) is 4.93. The number of aryl methyl sites for hydroxylation is 1. The van der Waals surface area contributed by atoms with Crippen molar-refractivity contribution < 1.29 is 9.59 Å². The highest BCUT2D eigenvalue weighted by atomic mass is 16.2. The summed E-state index contributed by atoms with van der Waals surface area (Å²) in [5.41, 5.74) is 0.184. The van der Waals surface area contributed by atoms with Crippen molar-refractivity contribution in [2.24, 2.45) is 12.5 Å². The highest BCUT2D eigenvalue weighted by Crippen LogP contribution is 2.45. The van der Waals surface area contributed by atoms with E-state index in [0.29, 0.717) is 19.5 Å². The standard InChI is InChI=1S/C21H26N6O2/c1-20(6-3-4-7-20)19(29)23-16-12-21(27-10-8-22-18(16)27)13-26(14-21)17(28)11-15-5-9-25(2)24-15/h3,5-6,8-10,16H,4,7,11-14H2,1-2H3,(H,23,29). The first-order chi connectivity index (χ1) is 13.9. The molecule has 2 aromatic rings. The first-order valence-electron chi connectivity index (χ1n) is 10.2. The van der Waals surface area contributed by atoms with Crippen LogP contribution in [0.15, 0.2) is 36.8 Å². The van der Waals surface area contributed by atoms with Crippen molar-refractivity contribution in [1.29, 1.82) is 0 Å². The summed E-state index contributed by atoms with van der Waals surface area (Å²) in [7, 11) is 1.85. The molecular formula is C21H26N6O2. The van der Waals surface area contributed by atoms with Crippen LogP contribution in [-0.2, 0) is 28.6 Å². The number of carbonyl (C=O) groups excluding carboxylic acids is 2. The van der Waals surface area contributed by atoms with E-state index >= 15 is 0 Å². The number of fused-ring (bicyclic) bond motifs is 2. The number of imidazole rings is 1. The molecule has 2 aliphatic heterocycles. The largest absolute Gasteiger partial charge is 0.345 e. The van der Waals surface area contributed by atoms with Crippen LogP contribution in [0.2, 0.25) is 0 Å². The number of nitrogens with zero attached hydrogens (tertiary/aromatic N) is 5. The molecule has 1 saturated heterocycles. The van der Waals surface area contributed by atoms with Gasteiger partial charge in [-0.15, -0.1) is 0 Å². The van der Waals surface area contributed by atoms with E-state index in [2.05, 4.69) is 26.0 Å². The van der Waals surface area contributed by atoms with Gasteiger partial charge in [-0.25, -0.2) is 4.98 Å². The number of amides is 2. The van der Waals surface area contributed by atoms with Gasteiger partial charge in [-0.3, -0.25) is 14.3 Å². The smallest absolute Gasteiger partial charge is 0.230 e. The molecule has 2 unspecified atom stereocenters. The third kappa shape index (κ3) is 2.89. The minimum atomic E-state index is -0.433. The van der Waals surface area contributed by atoms with E-state index in [1.165, 1.54) is 0 Å². The van der Waals surface area contributed by atoms with E-state index in [-0.39, 0.29) is 23.4 Å². The highest BCUT2D eigenvalue weighted by Gasteiger charge is 2.54. The number of aromatic nitrogens is 4. The van der Waals surface area contributed by atoms with Gasteiger partial charge in [0.1, 0.15) is 5.82 Å². The molecule has 3 aliphatic rings. The van der Waals surface area contributed by atoms with Gasteiger partial charge in [-0.1, -0.05) is 12.2 Å². The second-order valence-corrected chi connectivity index (χ2v) is 8.88. The van der Waals surface area contributed by atoms with Crippen LogP contribution in [0.25, 0.3) is 0 Å². The maximum Gasteiger partial charge on any atom is 0.230 e. The summed E-state index contributed by atoms with van der Waals surface area (Å²) in [6, 6.07) is 1.76. The average Bonchev–Trinajstić information content (AvgIpc) is 3.40. The third-order valence-electron chi connectivity index (χ3n) is 6.64. The molecule has 0 aromatic carbocycles. The quantitative estimate of drug-likeness (QED) is 0.793. The number of carbonyl (C=O) groups is 2. The Hall–Kier alpha value is -2.90. The molecule has 2 atom stereocenters. The molecule has 2 aromatic heterocycles. The maximum atomic E-state index is 12.9. The van der Waals surface area contributed by atoms with Crippen LogP contribution >= 0.6 is 0 Å². The lowest BCUT2D eigenvalue weighted by molar-refractivity contribution is -0.141. The van der Waals surface area contributed by atoms with Gasteiger partial charge in [0.15, 0.2) is 0 Å². The number of rotatable bonds is 4. The molecule has 1 N–H and O–H groups in total. The van der Waals surface area contributed by atoms with Crippen molar-refractivity contribution in [1.82, 2.24) is 29.5 Å². The van der Waals surface area contributed by atoms with Crippen LogP contribution in [0.4, 0.5) is 0 Å². The Bertz CT molecular complexity index is 998. The third-order valence-corrected chi connectivity index (χ3v) is 6.64. The van der Waals surface area contributed by atoms with E-state index in [1.807, 2.05) is 43.4 Å². The zero-order valence-electron chi connectivity index (χ0n) is 16.8. The van der Waals surface area contributed by atoms with Gasteiger partial charge < -0.3 is 14.8 Å². The van der Waals surface area contributed by atoms with E-state index in [1.54, 1.807) is 10.9 Å². The fraction of sp³-hybridized carbons (Fsp3) is 0.524. The summed E-state index contributed by atoms with van der Waals surface area (Å²) in [6.45, 7) is 3.28. The number of hydrogen-bond donors (Lipinski definition) is 1. The Morgan fingerprint density at radius 3 is 2.83 bits per heavy atom. The lowest BCUT2D eigenvalue weighted by Crippen LogP contribution is -2.63. The molecule has 1 fully saturated rings. The van der Waals surface area contributed by atoms with Crippen LogP contribution in [0.3, 0.4) is 0 Å². The topological polar surface area (TPSA) is 85.0 Å². The molecule has 152 valence electrons. The highest BCUT2D eigenvalue weighted by molar-refractivity contribution is 5.85. The Balaban J connectivity index is 1.26. The minimum Gasteiger partial charge on any atom is -0.345 e. The summed E-state index contributed by atoms with van der Waals surface area (Å²) in [5, 5.41) is 7.52. The number of hydrogen-bond acceptors (Lipinski definition) is 4. The Labute approximate surface area is 169 Å². The van der Waals surface area contributed by atoms with Crippen LogP contribution in [0, 0.1) is 5.41 Å². The summed E-state index contributed by atoms with van der Waals surface area (Å²) >= 11 is 0. The minimum absolute atomic E-state index is 0.0604. The van der Waals surface area contributed by atoms with Crippen molar-refractivity contribution in [2.75, 3.05) is 13.1 Å². The van der Waals surface area contributed by atoms with Gasteiger partial charge in [0.05, 0.1) is 29.1 Å². The van der Waals surface area contributed by atoms with E-state index < -0.39 is 5.41 Å². The number of likely N-dealkylation sites (tertiary alicyclic amines) is 1. The zero-order chi connectivity index (χ0) is 20.2. The molecule has 0 radical (unpaired) electrons.